The largest absolute Gasteiger partial charge is 0.478 e. The molecular weight excluding hydrogens is 284 g/mol. The minimum Gasteiger partial charge on any atom is -0.478 e. The summed E-state index contributed by atoms with van der Waals surface area (Å²) < 4.78 is 26.5. The van der Waals surface area contributed by atoms with Crippen LogP contribution in [-0.2, 0) is 14.8 Å². The molecule has 0 aromatic heterocycles. The maximum atomic E-state index is 12.1. The molecule has 1 unspecified atom stereocenters. The first-order valence-corrected chi connectivity index (χ1v) is 7.52. The van der Waals surface area contributed by atoms with Gasteiger partial charge < -0.3 is 10.4 Å². The van der Waals surface area contributed by atoms with Gasteiger partial charge in [-0.2, -0.15) is 4.72 Å². The molecular formula is C12H14N2O5S. The van der Waals surface area contributed by atoms with Crippen LogP contribution in [0.3, 0.4) is 0 Å². The number of carboxylic acids is 1. The van der Waals surface area contributed by atoms with Gasteiger partial charge in [0.1, 0.15) is 6.04 Å². The van der Waals surface area contributed by atoms with Crippen LogP contribution in [0.4, 0.5) is 0 Å². The molecule has 1 atom stereocenters. The minimum absolute atomic E-state index is 0.000593. The Kier molecular flexibility index (Phi) is 4.05. The van der Waals surface area contributed by atoms with E-state index in [1.165, 1.54) is 24.3 Å². The molecule has 7 nitrogen and oxygen atoms in total. The Hall–Kier alpha value is -1.93. The van der Waals surface area contributed by atoms with Gasteiger partial charge in [-0.05, 0) is 37.1 Å². The molecule has 1 aromatic rings. The van der Waals surface area contributed by atoms with Crippen LogP contribution in [0.2, 0.25) is 0 Å². The van der Waals surface area contributed by atoms with E-state index in [1.54, 1.807) is 0 Å². The summed E-state index contributed by atoms with van der Waals surface area (Å²) in [6, 6.07) is 4.03. The molecule has 0 saturated carbocycles. The lowest BCUT2D eigenvalue weighted by atomic mass is 10.1. The van der Waals surface area contributed by atoms with Crippen molar-refractivity contribution in [1.82, 2.24) is 10.0 Å². The van der Waals surface area contributed by atoms with Gasteiger partial charge in [-0.25, -0.2) is 13.2 Å². The van der Waals surface area contributed by atoms with Crippen molar-refractivity contribution >= 4 is 21.9 Å². The molecule has 0 spiro atoms. The number of carbonyl (C=O) groups excluding carboxylic acids is 1. The fourth-order valence-corrected chi connectivity index (χ4v) is 3.15. The van der Waals surface area contributed by atoms with Crippen molar-refractivity contribution < 1.29 is 23.1 Å². The summed E-state index contributed by atoms with van der Waals surface area (Å²) in [7, 11) is -3.84. The number of amides is 1. The molecule has 2 rings (SSSR count). The van der Waals surface area contributed by atoms with Gasteiger partial charge in [0.25, 0.3) is 0 Å². The first-order chi connectivity index (χ1) is 9.40. The Morgan fingerprint density at radius 3 is 2.50 bits per heavy atom. The number of sulfonamides is 1. The first-order valence-electron chi connectivity index (χ1n) is 6.03. The summed E-state index contributed by atoms with van der Waals surface area (Å²) >= 11 is 0. The first kappa shape index (κ1) is 14.5. The average Bonchev–Trinajstić information content (AvgIpc) is 2.41. The van der Waals surface area contributed by atoms with E-state index < -0.39 is 22.0 Å². The SMILES string of the molecule is O=C(O)c1ccc(S(=O)(=O)NC2CCCNC2=O)cc1. The van der Waals surface area contributed by atoms with Crippen molar-refractivity contribution in [3.63, 3.8) is 0 Å². The van der Waals surface area contributed by atoms with Crippen LogP contribution in [0.15, 0.2) is 29.2 Å². The molecule has 1 fully saturated rings. The molecule has 0 radical (unpaired) electrons. The van der Waals surface area contributed by atoms with Crippen LogP contribution in [0.1, 0.15) is 23.2 Å². The molecule has 3 N–H and O–H groups in total. The molecule has 1 saturated heterocycles. The fourth-order valence-electron chi connectivity index (χ4n) is 1.92. The molecule has 8 heteroatoms. The molecule has 1 aliphatic heterocycles. The lowest BCUT2D eigenvalue weighted by molar-refractivity contribution is -0.124. The molecule has 1 amide bonds. The second-order valence-electron chi connectivity index (χ2n) is 4.44. The Labute approximate surface area is 116 Å². The quantitative estimate of drug-likeness (QED) is 0.721. The normalized spacial score (nSPS) is 19.4. The number of rotatable bonds is 4. The van der Waals surface area contributed by atoms with Crippen molar-refractivity contribution in [2.45, 2.75) is 23.8 Å². The number of carbonyl (C=O) groups is 2. The number of aromatic carboxylic acids is 1. The van der Waals surface area contributed by atoms with Crippen molar-refractivity contribution in [3.8, 4) is 0 Å². The number of benzene rings is 1. The van der Waals surface area contributed by atoms with Gasteiger partial charge in [-0.3, -0.25) is 4.79 Å². The van der Waals surface area contributed by atoms with E-state index in [2.05, 4.69) is 10.0 Å². The average molecular weight is 298 g/mol. The highest BCUT2D eigenvalue weighted by molar-refractivity contribution is 7.89. The van der Waals surface area contributed by atoms with Crippen molar-refractivity contribution in [1.29, 1.82) is 0 Å². The minimum atomic E-state index is -3.84. The maximum absolute atomic E-state index is 12.1. The van der Waals surface area contributed by atoms with E-state index >= 15 is 0 Å². The molecule has 108 valence electrons. The highest BCUT2D eigenvalue weighted by Gasteiger charge is 2.27. The number of hydrogen-bond acceptors (Lipinski definition) is 4. The highest BCUT2D eigenvalue weighted by atomic mass is 32.2. The van der Waals surface area contributed by atoms with E-state index in [1.807, 2.05) is 0 Å². The second kappa shape index (κ2) is 5.59. The summed E-state index contributed by atoms with van der Waals surface area (Å²) in [6.07, 6.45) is 1.15. The molecule has 1 heterocycles. The zero-order valence-electron chi connectivity index (χ0n) is 10.5. The Balaban J connectivity index is 2.17. The lowest BCUT2D eigenvalue weighted by Crippen LogP contribution is -2.50. The van der Waals surface area contributed by atoms with Gasteiger partial charge in [0.15, 0.2) is 0 Å². The standard InChI is InChI=1S/C12H14N2O5S/c15-11-10(2-1-7-13-11)14-20(18,19)9-5-3-8(4-6-9)12(16)17/h3-6,10,14H,1-2,7H2,(H,13,15)(H,16,17). The molecule has 0 bridgehead atoms. The van der Waals surface area contributed by atoms with E-state index in [0.29, 0.717) is 19.4 Å². The molecule has 20 heavy (non-hydrogen) atoms. The predicted molar refractivity (Wildman–Crippen MR) is 69.8 cm³/mol. The number of piperidine rings is 1. The third-order valence-electron chi connectivity index (χ3n) is 2.99. The second-order valence-corrected chi connectivity index (χ2v) is 6.15. The monoisotopic (exact) mass is 298 g/mol. The third-order valence-corrected chi connectivity index (χ3v) is 4.48. The van der Waals surface area contributed by atoms with Gasteiger partial charge in [-0.1, -0.05) is 0 Å². The van der Waals surface area contributed by atoms with Crippen LogP contribution < -0.4 is 10.0 Å². The van der Waals surface area contributed by atoms with Crippen molar-refractivity contribution in [2.24, 2.45) is 0 Å². The van der Waals surface area contributed by atoms with E-state index in [4.69, 9.17) is 5.11 Å². The van der Waals surface area contributed by atoms with Gasteiger partial charge in [-0.15, -0.1) is 0 Å². The fraction of sp³-hybridized carbons (Fsp3) is 0.333. The van der Waals surface area contributed by atoms with E-state index in [0.717, 1.165) is 0 Å². The van der Waals surface area contributed by atoms with Crippen LogP contribution in [0.5, 0.6) is 0 Å². The van der Waals surface area contributed by atoms with E-state index in [9.17, 15) is 18.0 Å². The summed E-state index contributed by atoms with van der Waals surface area (Å²) in [5.74, 6) is -1.48. The molecule has 1 aliphatic rings. The van der Waals surface area contributed by atoms with Crippen LogP contribution in [0, 0.1) is 0 Å². The smallest absolute Gasteiger partial charge is 0.335 e. The maximum Gasteiger partial charge on any atom is 0.335 e. The zero-order valence-corrected chi connectivity index (χ0v) is 11.3. The number of nitrogens with one attached hydrogen (secondary N) is 2. The van der Waals surface area contributed by atoms with Gasteiger partial charge >= 0.3 is 5.97 Å². The van der Waals surface area contributed by atoms with Crippen molar-refractivity contribution in [2.75, 3.05) is 6.54 Å². The summed E-state index contributed by atoms with van der Waals surface area (Å²) in [6.45, 7) is 0.546. The van der Waals surface area contributed by atoms with Crippen LogP contribution >= 0.6 is 0 Å². The van der Waals surface area contributed by atoms with Crippen molar-refractivity contribution in [3.05, 3.63) is 29.8 Å². The summed E-state index contributed by atoms with van der Waals surface area (Å²) in [4.78, 5) is 22.2. The topological polar surface area (TPSA) is 113 Å². The Morgan fingerprint density at radius 2 is 1.95 bits per heavy atom. The lowest BCUT2D eigenvalue weighted by Gasteiger charge is -2.22. The predicted octanol–water partition coefficient (Wildman–Crippen LogP) is -0.0583. The summed E-state index contributed by atoms with van der Waals surface area (Å²) in [5.41, 5.74) is -0.000593. The summed E-state index contributed by atoms with van der Waals surface area (Å²) in [5, 5.41) is 11.3. The van der Waals surface area contributed by atoms with Gasteiger partial charge in [0, 0.05) is 6.54 Å². The number of carboxylic acid groups (broad SMARTS) is 1. The van der Waals surface area contributed by atoms with Crippen LogP contribution in [-0.4, -0.2) is 38.0 Å². The Morgan fingerprint density at radius 1 is 1.30 bits per heavy atom. The Bertz CT molecular complexity index is 624. The molecule has 1 aromatic carbocycles. The zero-order chi connectivity index (χ0) is 14.8. The third kappa shape index (κ3) is 3.14. The van der Waals surface area contributed by atoms with Gasteiger partial charge in [0.05, 0.1) is 10.5 Å². The van der Waals surface area contributed by atoms with Gasteiger partial charge in [0.2, 0.25) is 15.9 Å². The molecule has 0 aliphatic carbocycles. The highest BCUT2D eigenvalue weighted by Crippen LogP contribution is 2.13. The number of hydrogen-bond donors (Lipinski definition) is 3. The van der Waals surface area contributed by atoms with E-state index in [-0.39, 0.29) is 16.4 Å². The van der Waals surface area contributed by atoms with Crippen LogP contribution in [0.25, 0.3) is 0 Å².